The monoisotopic (exact) mass is 216 g/mol. The second-order valence-corrected chi connectivity index (χ2v) is 5.63. The Morgan fingerprint density at radius 1 is 1.33 bits per heavy atom. The number of rotatable bonds is 7. The molecule has 3 nitrogen and oxygen atoms in total. The highest BCUT2D eigenvalue weighted by molar-refractivity contribution is 4.77. The molecule has 0 saturated heterocycles. The normalized spacial score (nSPS) is 16.4. The minimum absolute atomic E-state index is 0.276. The van der Waals surface area contributed by atoms with Crippen molar-refractivity contribution in [1.29, 1.82) is 0 Å². The fraction of sp³-hybridized carbons (Fsp3) is 1.00. The van der Waals surface area contributed by atoms with Crippen molar-refractivity contribution in [3.8, 4) is 0 Å². The summed E-state index contributed by atoms with van der Waals surface area (Å²) in [7, 11) is 0. The molecule has 0 saturated carbocycles. The first-order chi connectivity index (χ1) is 6.89. The molecule has 2 unspecified atom stereocenters. The Balaban J connectivity index is 3.87. The average molecular weight is 216 g/mol. The Morgan fingerprint density at radius 2 is 1.93 bits per heavy atom. The lowest BCUT2D eigenvalue weighted by atomic mass is 9.88. The summed E-state index contributed by atoms with van der Waals surface area (Å²) in [6.07, 6.45) is 2.96. The van der Waals surface area contributed by atoms with Crippen molar-refractivity contribution in [3.63, 3.8) is 0 Å². The predicted octanol–water partition coefficient (Wildman–Crippen LogP) is 1.50. The lowest BCUT2D eigenvalue weighted by Gasteiger charge is -2.28. The molecule has 0 aromatic carbocycles. The molecule has 0 radical (unpaired) electrons. The van der Waals surface area contributed by atoms with E-state index in [0.29, 0.717) is 24.0 Å². The van der Waals surface area contributed by atoms with E-state index in [4.69, 9.17) is 10.8 Å². The number of aliphatic hydroxyl groups is 1. The quantitative estimate of drug-likeness (QED) is 0.604. The summed E-state index contributed by atoms with van der Waals surface area (Å²) in [5.41, 5.74) is 6.06. The van der Waals surface area contributed by atoms with Gasteiger partial charge in [0, 0.05) is 25.2 Å². The maximum absolute atomic E-state index is 8.74. The largest absolute Gasteiger partial charge is 0.396 e. The summed E-state index contributed by atoms with van der Waals surface area (Å²) in [4.78, 5) is 0. The molecule has 3 heteroatoms. The van der Waals surface area contributed by atoms with Crippen molar-refractivity contribution in [2.75, 3.05) is 13.2 Å². The molecule has 0 amide bonds. The Hall–Kier alpha value is -0.120. The van der Waals surface area contributed by atoms with Crippen LogP contribution < -0.4 is 11.1 Å². The second-order valence-electron chi connectivity index (χ2n) is 5.63. The van der Waals surface area contributed by atoms with Gasteiger partial charge in [0.2, 0.25) is 0 Å². The average Bonchev–Trinajstić information content (AvgIpc) is 2.11. The standard InChI is InChI=1S/C12H28N2O/c1-10(6-5-7-15)14-11(9-13)8-12(2,3)4/h10-11,14-15H,5-9,13H2,1-4H3. The minimum atomic E-state index is 0.276. The highest BCUT2D eigenvalue weighted by Crippen LogP contribution is 2.20. The van der Waals surface area contributed by atoms with Crippen LogP contribution in [-0.4, -0.2) is 30.3 Å². The van der Waals surface area contributed by atoms with Crippen LogP contribution >= 0.6 is 0 Å². The molecule has 0 fully saturated rings. The van der Waals surface area contributed by atoms with Gasteiger partial charge in [-0.25, -0.2) is 0 Å². The fourth-order valence-electron chi connectivity index (χ4n) is 1.83. The van der Waals surface area contributed by atoms with Gasteiger partial charge in [0.1, 0.15) is 0 Å². The van der Waals surface area contributed by atoms with Gasteiger partial charge in [-0.3, -0.25) is 0 Å². The Morgan fingerprint density at radius 3 is 2.33 bits per heavy atom. The van der Waals surface area contributed by atoms with Crippen molar-refractivity contribution >= 4 is 0 Å². The smallest absolute Gasteiger partial charge is 0.0431 e. The third-order valence-corrected chi connectivity index (χ3v) is 2.46. The van der Waals surface area contributed by atoms with E-state index < -0.39 is 0 Å². The van der Waals surface area contributed by atoms with E-state index in [1.807, 2.05) is 0 Å². The van der Waals surface area contributed by atoms with Crippen LogP contribution in [0, 0.1) is 5.41 Å². The van der Waals surface area contributed by atoms with Gasteiger partial charge >= 0.3 is 0 Å². The second kappa shape index (κ2) is 7.20. The van der Waals surface area contributed by atoms with Gasteiger partial charge in [-0.1, -0.05) is 20.8 Å². The first kappa shape index (κ1) is 14.9. The van der Waals surface area contributed by atoms with Gasteiger partial charge in [0.25, 0.3) is 0 Å². The van der Waals surface area contributed by atoms with Gasteiger partial charge in [-0.05, 0) is 31.6 Å². The van der Waals surface area contributed by atoms with Crippen molar-refractivity contribution in [1.82, 2.24) is 5.32 Å². The Labute approximate surface area is 94.4 Å². The first-order valence-electron chi connectivity index (χ1n) is 5.96. The predicted molar refractivity (Wildman–Crippen MR) is 65.8 cm³/mol. The van der Waals surface area contributed by atoms with Gasteiger partial charge in [-0.2, -0.15) is 0 Å². The summed E-state index contributed by atoms with van der Waals surface area (Å²) in [5.74, 6) is 0. The van der Waals surface area contributed by atoms with Crippen LogP contribution in [0.3, 0.4) is 0 Å². The lowest BCUT2D eigenvalue weighted by molar-refractivity contribution is 0.261. The summed E-state index contributed by atoms with van der Waals surface area (Å²) in [6.45, 7) is 9.81. The molecule has 15 heavy (non-hydrogen) atoms. The van der Waals surface area contributed by atoms with Crippen LogP contribution in [-0.2, 0) is 0 Å². The number of aliphatic hydroxyl groups excluding tert-OH is 1. The zero-order valence-electron chi connectivity index (χ0n) is 10.7. The molecule has 0 aliphatic heterocycles. The zero-order chi connectivity index (χ0) is 11.9. The van der Waals surface area contributed by atoms with Gasteiger partial charge in [0.15, 0.2) is 0 Å². The molecule has 92 valence electrons. The molecule has 0 aromatic rings. The molecule has 0 aliphatic rings. The molecule has 0 heterocycles. The van der Waals surface area contributed by atoms with E-state index in [1.165, 1.54) is 0 Å². The maximum Gasteiger partial charge on any atom is 0.0431 e. The number of hydrogen-bond donors (Lipinski definition) is 3. The summed E-state index contributed by atoms with van der Waals surface area (Å²) < 4.78 is 0. The highest BCUT2D eigenvalue weighted by atomic mass is 16.2. The van der Waals surface area contributed by atoms with Crippen LogP contribution in [0.5, 0.6) is 0 Å². The topological polar surface area (TPSA) is 58.3 Å². The molecule has 0 rings (SSSR count). The molecular formula is C12H28N2O. The van der Waals surface area contributed by atoms with Crippen molar-refractivity contribution < 1.29 is 5.11 Å². The van der Waals surface area contributed by atoms with Gasteiger partial charge in [-0.15, -0.1) is 0 Å². The van der Waals surface area contributed by atoms with Crippen molar-refractivity contribution in [3.05, 3.63) is 0 Å². The molecule has 0 aromatic heterocycles. The summed E-state index contributed by atoms with van der Waals surface area (Å²) in [5, 5.41) is 12.3. The van der Waals surface area contributed by atoms with E-state index in [0.717, 1.165) is 19.3 Å². The van der Waals surface area contributed by atoms with Gasteiger partial charge in [0.05, 0.1) is 0 Å². The Kier molecular flexibility index (Phi) is 7.14. The zero-order valence-corrected chi connectivity index (χ0v) is 10.7. The van der Waals surface area contributed by atoms with E-state index in [-0.39, 0.29) is 6.61 Å². The maximum atomic E-state index is 8.74. The number of hydrogen-bond acceptors (Lipinski definition) is 3. The number of nitrogens with two attached hydrogens (primary N) is 1. The van der Waals surface area contributed by atoms with E-state index in [2.05, 4.69) is 33.0 Å². The Bertz CT molecular complexity index is 154. The molecule has 0 spiro atoms. The highest BCUT2D eigenvalue weighted by Gasteiger charge is 2.18. The molecular weight excluding hydrogens is 188 g/mol. The third kappa shape index (κ3) is 8.85. The van der Waals surface area contributed by atoms with Crippen LogP contribution in [0.25, 0.3) is 0 Å². The molecule has 2 atom stereocenters. The van der Waals surface area contributed by atoms with Crippen LogP contribution in [0.1, 0.15) is 47.0 Å². The van der Waals surface area contributed by atoms with Crippen molar-refractivity contribution in [2.45, 2.75) is 59.0 Å². The van der Waals surface area contributed by atoms with E-state index in [1.54, 1.807) is 0 Å². The molecule has 0 bridgehead atoms. The number of nitrogens with one attached hydrogen (secondary N) is 1. The van der Waals surface area contributed by atoms with E-state index >= 15 is 0 Å². The molecule has 4 N–H and O–H groups in total. The van der Waals surface area contributed by atoms with Crippen LogP contribution in [0.15, 0.2) is 0 Å². The summed E-state index contributed by atoms with van der Waals surface area (Å²) in [6, 6.07) is 0.826. The van der Waals surface area contributed by atoms with Crippen LogP contribution in [0.2, 0.25) is 0 Å². The van der Waals surface area contributed by atoms with Gasteiger partial charge < -0.3 is 16.2 Å². The SMILES string of the molecule is CC(CCCO)NC(CN)CC(C)(C)C. The first-order valence-corrected chi connectivity index (χ1v) is 5.96. The lowest BCUT2D eigenvalue weighted by Crippen LogP contribution is -2.43. The van der Waals surface area contributed by atoms with Crippen LogP contribution in [0.4, 0.5) is 0 Å². The van der Waals surface area contributed by atoms with Crippen molar-refractivity contribution in [2.24, 2.45) is 11.1 Å². The molecule has 0 aliphatic carbocycles. The minimum Gasteiger partial charge on any atom is -0.396 e. The third-order valence-electron chi connectivity index (χ3n) is 2.46. The summed E-state index contributed by atoms with van der Waals surface area (Å²) >= 11 is 0. The fourth-order valence-corrected chi connectivity index (χ4v) is 1.83. The van der Waals surface area contributed by atoms with E-state index in [9.17, 15) is 0 Å².